The van der Waals surface area contributed by atoms with Crippen molar-refractivity contribution in [1.29, 1.82) is 0 Å². The second kappa shape index (κ2) is 6.73. The van der Waals surface area contributed by atoms with E-state index in [-0.39, 0.29) is 20.4 Å². The van der Waals surface area contributed by atoms with E-state index in [0.29, 0.717) is 5.75 Å². The molecule has 1 N–H and O–H groups in total. The predicted molar refractivity (Wildman–Crippen MR) is 87.5 cm³/mol. The topological polar surface area (TPSA) is 71.4 Å². The van der Waals surface area contributed by atoms with E-state index in [1.807, 2.05) is 30.3 Å². The molecule has 0 fully saturated rings. The molecular weight excluding hydrogens is 344 g/mol. The number of carbonyl (C=O) groups is 1. The quantitative estimate of drug-likeness (QED) is 0.826. The summed E-state index contributed by atoms with van der Waals surface area (Å²) in [6.45, 7) is 0. The van der Waals surface area contributed by atoms with Crippen LogP contribution in [0.3, 0.4) is 0 Å². The van der Waals surface area contributed by atoms with Crippen molar-refractivity contribution in [2.24, 2.45) is 0 Å². The summed E-state index contributed by atoms with van der Waals surface area (Å²) in [6, 6.07) is 12.0. The van der Waals surface area contributed by atoms with Gasteiger partial charge in [-0.2, -0.15) is 0 Å². The van der Waals surface area contributed by atoms with Crippen molar-refractivity contribution in [1.82, 2.24) is 0 Å². The Morgan fingerprint density at radius 3 is 2.36 bits per heavy atom. The fraction of sp³-hybridized carbons (Fsp3) is 0.133. The van der Waals surface area contributed by atoms with E-state index < -0.39 is 15.8 Å². The second-order valence-corrected chi connectivity index (χ2v) is 7.95. The van der Waals surface area contributed by atoms with Gasteiger partial charge in [0.05, 0.1) is 15.5 Å². The summed E-state index contributed by atoms with van der Waals surface area (Å²) >= 11 is 7.33. The molecule has 0 saturated heterocycles. The van der Waals surface area contributed by atoms with E-state index in [2.05, 4.69) is 0 Å². The molecule has 0 heterocycles. The van der Waals surface area contributed by atoms with E-state index >= 15 is 0 Å². The Balaban J connectivity index is 2.46. The molecule has 0 saturated carbocycles. The maximum Gasteiger partial charge on any atom is 0.337 e. The van der Waals surface area contributed by atoms with Crippen molar-refractivity contribution < 1.29 is 18.3 Å². The van der Waals surface area contributed by atoms with Gasteiger partial charge >= 0.3 is 5.97 Å². The van der Waals surface area contributed by atoms with Crippen LogP contribution in [0.1, 0.15) is 15.9 Å². The van der Waals surface area contributed by atoms with Crippen LogP contribution in [-0.2, 0) is 15.6 Å². The number of hydrogen-bond acceptors (Lipinski definition) is 4. The Kier molecular flexibility index (Phi) is 5.16. The molecule has 0 aromatic heterocycles. The van der Waals surface area contributed by atoms with Gasteiger partial charge in [-0.05, 0) is 17.7 Å². The molecule has 0 radical (unpaired) electrons. The first-order chi connectivity index (χ1) is 10.3. The fourth-order valence-electron chi connectivity index (χ4n) is 1.86. The smallest absolute Gasteiger partial charge is 0.337 e. The van der Waals surface area contributed by atoms with Crippen molar-refractivity contribution in [3.05, 3.63) is 58.6 Å². The van der Waals surface area contributed by atoms with Crippen LogP contribution in [-0.4, -0.2) is 25.7 Å². The van der Waals surface area contributed by atoms with Gasteiger partial charge in [-0.25, -0.2) is 13.2 Å². The number of rotatable bonds is 5. The van der Waals surface area contributed by atoms with Crippen LogP contribution in [0.25, 0.3) is 0 Å². The lowest BCUT2D eigenvalue weighted by Crippen LogP contribution is -2.05. The van der Waals surface area contributed by atoms with E-state index in [0.717, 1.165) is 11.8 Å². The first kappa shape index (κ1) is 16.9. The SMILES string of the molecule is CS(=O)(=O)c1ccc(C(=O)O)c(Cl)c1SCc1ccccc1. The van der Waals surface area contributed by atoms with Crippen LogP contribution < -0.4 is 0 Å². The predicted octanol–water partition coefficient (Wildman–Crippen LogP) is 3.73. The largest absolute Gasteiger partial charge is 0.478 e. The van der Waals surface area contributed by atoms with Crippen molar-refractivity contribution in [2.75, 3.05) is 6.26 Å². The number of sulfone groups is 1. The number of carboxylic acid groups (broad SMARTS) is 1. The summed E-state index contributed by atoms with van der Waals surface area (Å²) in [5.74, 6) is -0.696. The number of benzene rings is 2. The highest BCUT2D eigenvalue weighted by Gasteiger charge is 2.21. The standard InChI is InChI=1S/C15H13ClO4S2/c1-22(19,20)12-8-7-11(15(17)18)13(16)14(12)21-9-10-5-3-2-4-6-10/h2-8H,9H2,1H3,(H,17,18). The first-order valence-corrected chi connectivity index (χ1v) is 9.49. The van der Waals surface area contributed by atoms with Gasteiger partial charge in [-0.3, -0.25) is 0 Å². The van der Waals surface area contributed by atoms with E-state index in [4.69, 9.17) is 16.7 Å². The highest BCUT2D eigenvalue weighted by atomic mass is 35.5. The molecule has 0 aliphatic heterocycles. The van der Waals surface area contributed by atoms with Crippen LogP contribution in [0.5, 0.6) is 0 Å². The van der Waals surface area contributed by atoms with E-state index in [9.17, 15) is 13.2 Å². The van der Waals surface area contributed by atoms with Crippen LogP contribution in [0.4, 0.5) is 0 Å². The molecule has 0 atom stereocenters. The molecule has 2 aromatic rings. The van der Waals surface area contributed by atoms with Crippen LogP contribution in [0, 0.1) is 0 Å². The number of carboxylic acids is 1. The lowest BCUT2D eigenvalue weighted by molar-refractivity contribution is 0.0696. The van der Waals surface area contributed by atoms with Crippen molar-refractivity contribution in [2.45, 2.75) is 15.5 Å². The summed E-state index contributed by atoms with van der Waals surface area (Å²) in [4.78, 5) is 11.5. The van der Waals surface area contributed by atoms with Gasteiger partial charge in [0.15, 0.2) is 9.84 Å². The zero-order valence-electron chi connectivity index (χ0n) is 11.6. The minimum absolute atomic E-state index is 0.0448. The van der Waals surface area contributed by atoms with Gasteiger partial charge in [0.2, 0.25) is 0 Å². The average molecular weight is 357 g/mol. The molecule has 0 aliphatic rings. The Bertz CT molecular complexity index is 802. The normalized spacial score (nSPS) is 11.4. The van der Waals surface area contributed by atoms with Gasteiger partial charge in [0.1, 0.15) is 0 Å². The van der Waals surface area contributed by atoms with Crippen molar-refractivity contribution >= 4 is 39.2 Å². The number of aromatic carboxylic acids is 1. The molecule has 0 spiro atoms. The maximum absolute atomic E-state index is 11.9. The zero-order valence-corrected chi connectivity index (χ0v) is 14.0. The third-order valence-electron chi connectivity index (χ3n) is 2.92. The van der Waals surface area contributed by atoms with E-state index in [1.165, 1.54) is 23.9 Å². The molecular formula is C15H13ClO4S2. The monoisotopic (exact) mass is 356 g/mol. The summed E-state index contributed by atoms with van der Waals surface area (Å²) in [7, 11) is -3.50. The molecule has 0 bridgehead atoms. The van der Waals surface area contributed by atoms with Gasteiger partial charge < -0.3 is 5.11 Å². The molecule has 0 aliphatic carbocycles. The molecule has 0 amide bonds. The highest BCUT2D eigenvalue weighted by Crippen LogP contribution is 2.37. The second-order valence-electron chi connectivity index (χ2n) is 4.61. The van der Waals surface area contributed by atoms with E-state index in [1.54, 1.807) is 0 Å². The fourth-order valence-corrected chi connectivity index (χ4v) is 4.66. The summed E-state index contributed by atoms with van der Waals surface area (Å²) < 4.78 is 23.8. The first-order valence-electron chi connectivity index (χ1n) is 6.23. The average Bonchev–Trinajstić information content (AvgIpc) is 2.45. The number of thioether (sulfide) groups is 1. The van der Waals surface area contributed by atoms with Gasteiger partial charge in [-0.15, -0.1) is 11.8 Å². The Labute approximate surface area is 138 Å². The summed E-state index contributed by atoms with van der Waals surface area (Å²) in [5, 5.41) is 9.08. The Morgan fingerprint density at radius 1 is 1.18 bits per heavy atom. The lowest BCUT2D eigenvalue weighted by Gasteiger charge is -2.12. The third kappa shape index (κ3) is 3.82. The van der Waals surface area contributed by atoms with Gasteiger partial charge in [-0.1, -0.05) is 41.9 Å². The highest BCUT2D eigenvalue weighted by molar-refractivity contribution is 7.99. The van der Waals surface area contributed by atoms with Gasteiger partial charge in [0, 0.05) is 16.9 Å². The third-order valence-corrected chi connectivity index (χ3v) is 5.88. The Hall–Kier alpha value is -1.50. The zero-order chi connectivity index (χ0) is 16.3. The molecule has 4 nitrogen and oxygen atoms in total. The summed E-state index contributed by atoms with van der Waals surface area (Å²) in [6.07, 6.45) is 1.08. The lowest BCUT2D eigenvalue weighted by atomic mass is 10.2. The maximum atomic E-state index is 11.9. The Morgan fingerprint density at radius 2 is 1.82 bits per heavy atom. The van der Waals surface area contributed by atoms with Crippen LogP contribution in [0.2, 0.25) is 5.02 Å². The van der Waals surface area contributed by atoms with Crippen LogP contribution in [0.15, 0.2) is 52.3 Å². The molecule has 0 unspecified atom stereocenters. The molecule has 22 heavy (non-hydrogen) atoms. The molecule has 2 aromatic carbocycles. The minimum Gasteiger partial charge on any atom is -0.478 e. The van der Waals surface area contributed by atoms with Gasteiger partial charge in [0.25, 0.3) is 0 Å². The van der Waals surface area contributed by atoms with Crippen molar-refractivity contribution in [3.63, 3.8) is 0 Å². The number of hydrogen-bond donors (Lipinski definition) is 1. The molecule has 7 heteroatoms. The molecule has 116 valence electrons. The molecule has 2 rings (SSSR count). The van der Waals surface area contributed by atoms with Crippen molar-refractivity contribution in [3.8, 4) is 0 Å². The summed E-state index contributed by atoms with van der Waals surface area (Å²) in [5.41, 5.74) is 0.883. The minimum atomic E-state index is -3.50. The number of halogens is 1. The van der Waals surface area contributed by atoms with Crippen LogP contribution >= 0.6 is 23.4 Å².